The SMILES string of the molecule is CC(C)(O)C(C)(C)NC(=O)C1(CN)CCCCC1. The Morgan fingerprint density at radius 1 is 1.22 bits per heavy atom. The Hall–Kier alpha value is -0.610. The van der Waals surface area contributed by atoms with E-state index in [2.05, 4.69) is 5.32 Å². The maximum atomic E-state index is 12.5. The van der Waals surface area contributed by atoms with E-state index in [0.717, 1.165) is 25.7 Å². The minimum Gasteiger partial charge on any atom is -0.388 e. The second-order valence-corrected chi connectivity index (χ2v) is 6.68. The highest BCUT2D eigenvalue weighted by molar-refractivity contribution is 5.83. The fourth-order valence-electron chi connectivity index (χ4n) is 2.32. The average Bonchev–Trinajstić information content (AvgIpc) is 2.27. The van der Waals surface area contributed by atoms with Gasteiger partial charge in [-0.05, 0) is 40.5 Å². The van der Waals surface area contributed by atoms with Gasteiger partial charge in [0.15, 0.2) is 0 Å². The van der Waals surface area contributed by atoms with Crippen molar-refractivity contribution >= 4 is 5.91 Å². The summed E-state index contributed by atoms with van der Waals surface area (Å²) in [4.78, 5) is 12.5. The van der Waals surface area contributed by atoms with Gasteiger partial charge in [0, 0.05) is 6.54 Å². The molecule has 0 aromatic rings. The molecule has 1 amide bonds. The van der Waals surface area contributed by atoms with Gasteiger partial charge in [-0.25, -0.2) is 0 Å². The molecule has 1 fully saturated rings. The lowest BCUT2D eigenvalue weighted by Crippen LogP contribution is -2.61. The highest BCUT2D eigenvalue weighted by Gasteiger charge is 2.43. The summed E-state index contributed by atoms with van der Waals surface area (Å²) in [7, 11) is 0. The summed E-state index contributed by atoms with van der Waals surface area (Å²) in [5, 5.41) is 13.1. The topological polar surface area (TPSA) is 75.3 Å². The van der Waals surface area contributed by atoms with Crippen LogP contribution >= 0.6 is 0 Å². The minimum absolute atomic E-state index is 0.00294. The molecule has 1 rings (SSSR count). The van der Waals surface area contributed by atoms with E-state index >= 15 is 0 Å². The van der Waals surface area contributed by atoms with Gasteiger partial charge in [0.05, 0.1) is 16.6 Å². The summed E-state index contributed by atoms with van der Waals surface area (Å²) < 4.78 is 0. The summed E-state index contributed by atoms with van der Waals surface area (Å²) in [6.07, 6.45) is 5.03. The van der Waals surface area contributed by atoms with Gasteiger partial charge in [-0.2, -0.15) is 0 Å². The summed E-state index contributed by atoms with van der Waals surface area (Å²) in [5.74, 6) is -0.00294. The normalized spacial score (nSPS) is 20.6. The molecule has 0 radical (unpaired) electrons. The van der Waals surface area contributed by atoms with E-state index in [9.17, 15) is 9.90 Å². The Balaban J connectivity index is 2.80. The molecule has 1 saturated carbocycles. The van der Waals surface area contributed by atoms with Gasteiger partial charge in [-0.15, -0.1) is 0 Å². The fraction of sp³-hybridized carbons (Fsp3) is 0.929. The Bertz CT molecular complexity index is 299. The molecule has 4 heteroatoms. The first kappa shape index (κ1) is 15.4. The molecule has 0 aliphatic heterocycles. The summed E-state index contributed by atoms with van der Waals surface area (Å²) in [6, 6.07) is 0. The predicted molar refractivity (Wildman–Crippen MR) is 73.1 cm³/mol. The van der Waals surface area contributed by atoms with Crippen LogP contribution in [0.25, 0.3) is 0 Å². The van der Waals surface area contributed by atoms with Crippen molar-refractivity contribution in [3.05, 3.63) is 0 Å². The molecule has 0 aromatic heterocycles. The van der Waals surface area contributed by atoms with E-state index in [1.54, 1.807) is 13.8 Å². The maximum absolute atomic E-state index is 12.5. The number of hydrogen-bond donors (Lipinski definition) is 3. The quantitative estimate of drug-likeness (QED) is 0.714. The third-order valence-corrected chi connectivity index (χ3v) is 4.64. The second-order valence-electron chi connectivity index (χ2n) is 6.68. The predicted octanol–water partition coefficient (Wildman–Crippen LogP) is 1.56. The van der Waals surface area contributed by atoms with Gasteiger partial charge in [0.25, 0.3) is 0 Å². The maximum Gasteiger partial charge on any atom is 0.228 e. The van der Waals surface area contributed by atoms with Gasteiger partial charge in [-0.1, -0.05) is 19.3 Å². The Morgan fingerprint density at radius 2 is 1.72 bits per heavy atom. The van der Waals surface area contributed by atoms with Gasteiger partial charge >= 0.3 is 0 Å². The number of nitrogens with one attached hydrogen (secondary N) is 1. The van der Waals surface area contributed by atoms with Gasteiger partial charge in [0.1, 0.15) is 0 Å². The first-order chi connectivity index (χ1) is 8.15. The molecule has 0 atom stereocenters. The zero-order chi connectivity index (χ0) is 14.0. The number of aliphatic hydroxyl groups is 1. The fourth-order valence-corrected chi connectivity index (χ4v) is 2.32. The van der Waals surface area contributed by atoms with Gasteiger partial charge in [0.2, 0.25) is 5.91 Å². The van der Waals surface area contributed by atoms with Crippen molar-refractivity contribution in [3.63, 3.8) is 0 Å². The lowest BCUT2D eigenvalue weighted by atomic mass is 9.72. The summed E-state index contributed by atoms with van der Waals surface area (Å²) in [6.45, 7) is 7.50. The minimum atomic E-state index is -0.965. The van der Waals surface area contributed by atoms with E-state index in [1.807, 2.05) is 13.8 Å². The van der Waals surface area contributed by atoms with E-state index in [1.165, 1.54) is 6.42 Å². The van der Waals surface area contributed by atoms with Crippen LogP contribution in [0.2, 0.25) is 0 Å². The van der Waals surface area contributed by atoms with Crippen molar-refractivity contribution in [1.29, 1.82) is 0 Å². The Kier molecular flexibility index (Phi) is 4.44. The third kappa shape index (κ3) is 3.04. The molecule has 18 heavy (non-hydrogen) atoms. The van der Waals surface area contributed by atoms with Crippen LogP contribution in [0, 0.1) is 5.41 Å². The first-order valence-electron chi connectivity index (χ1n) is 6.90. The molecule has 1 aliphatic carbocycles. The molecule has 0 bridgehead atoms. The van der Waals surface area contributed by atoms with Crippen molar-refractivity contribution in [2.45, 2.75) is 70.9 Å². The van der Waals surface area contributed by atoms with Crippen LogP contribution in [0.15, 0.2) is 0 Å². The van der Waals surface area contributed by atoms with E-state index in [4.69, 9.17) is 5.73 Å². The van der Waals surface area contributed by atoms with Crippen LogP contribution in [-0.2, 0) is 4.79 Å². The van der Waals surface area contributed by atoms with E-state index in [0.29, 0.717) is 6.54 Å². The van der Waals surface area contributed by atoms with Crippen LogP contribution in [0.5, 0.6) is 0 Å². The number of rotatable bonds is 4. The van der Waals surface area contributed by atoms with Crippen LogP contribution in [0.4, 0.5) is 0 Å². The summed E-state index contributed by atoms with van der Waals surface area (Å²) in [5.41, 5.74) is 3.79. The first-order valence-corrected chi connectivity index (χ1v) is 6.90. The molecule has 4 N–H and O–H groups in total. The Labute approximate surface area is 110 Å². The summed E-state index contributed by atoms with van der Waals surface area (Å²) >= 11 is 0. The van der Waals surface area contributed by atoms with Crippen LogP contribution in [0.1, 0.15) is 59.8 Å². The van der Waals surface area contributed by atoms with Crippen LogP contribution in [-0.4, -0.2) is 28.7 Å². The van der Waals surface area contributed by atoms with Gasteiger partial charge in [-0.3, -0.25) is 4.79 Å². The van der Waals surface area contributed by atoms with Crippen molar-refractivity contribution in [3.8, 4) is 0 Å². The number of amides is 1. The molecule has 106 valence electrons. The average molecular weight is 256 g/mol. The van der Waals surface area contributed by atoms with Crippen LogP contribution in [0.3, 0.4) is 0 Å². The zero-order valence-corrected chi connectivity index (χ0v) is 12.2. The van der Waals surface area contributed by atoms with Gasteiger partial charge < -0.3 is 16.2 Å². The molecule has 0 spiro atoms. The third-order valence-electron chi connectivity index (χ3n) is 4.64. The molecular formula is C14H28N2O2. The molecule has 0 saturated heterocycles. The Morgan fingerprint density at radius 3 is 2.11 bits per heavy atom. The number of nitrogens with two attached hydrogens (primary N) is 1. The molecule has 0 heterocycles. The molecule has 4 nitrogen and oxygen atoms in total. The monoisotopic (exact) mass is 256 g/mol. The highest BCUT2D eigenvalue weighted by Crippen LogP contribution is 2.36. The van der Waals surface area contributed by atoms with Crippen molar-refractivity contribution in [2.24, 2.45) is 11.1 Å². The smallest absolute Gasteiger partial charge is 0.228 e. The van der Waals surface area contributed by atoms with Crippen molar-refractivity contribution < 1.29 is 9.90 Å². The standard InChI is InChI=1S/C14H28N2O2/c1-12(2,13(3,4)18)16-11(17)14(10-15)8-6-5-7-9-14/h18H,5-10,15H2,1-4H3,(H,16,17). The second kappa shape index (κ2) is 5.17. The van der Waals surface area contributed by atoms with Crippen LogP contribution < -0.4 is 11.1 Å². The van der Waals surface area contributed by atoms with Crippen molar-refractivity contribution in [1.82, 2.24) is 5.32 Å². The number of hydrogen-bond acceptors (Lipinski definition) is 3. The zero-order valence-electron chi connectivity index (χ0n) is 12.2. The highest BCUT2D eigenvalue weighted by atomic mass is 16.3. The number of carbonyl (C=O) groups excluding carboxylic acids is 1. The van der Waals surface area contributed by atoms with Crippen molar-refractivity contribution in [2.75, 3.05) is 6.54 Å². The lowest BCUT2D eigenvalue weighted by molar-refractivity contribution is -0.137. The lowest BCUT2D eigenvalue weighted by Gasteiger charge is -2.42. The van der Waals surface area contributed by atoms with E-state index in [-0.39, 0.29) is 5.91 Å². The van der Waals surface area contributed by atoms with E-state index < -0.39 is 16.6 Å². The molecule has 0 aromatic carbocycles. The molecule has 1 aliphatic rings. The number of carbonyl (C=O) groups is 1. The molecular weight excluding hydrogens is 228 g/mol. The largest absolute Gasteiger partial charge is 0.388 e. The molecule has 0 unspecified atom stereocenters.